The number of aryl methyl sites for hydroxylation is 1. The second-order valence-corrected chi connectivity index (χ2v) is 7.59. The maximum absolute atomic E-state index is 13.6. The van der Waals surface area contributed by atoms with Crippen LogP contribution in [0.5, 0.6) is 11.5 Å². The summed E-state index contributed by atoms with van der Waals surface area (Å²) in [5, 5.41) is 0. The summed E-state index contributed by atoms with van der Waals surface area (Å²) >= 11 is 0. The third-order valence-electron chi connectivity index (χ3n) is 5.77. The van der Waals surface area contributed by atoms with E-state index in [-0.39, 0.29) is 12.7 Å². The van der Waals surface area contributed by atoms with Crippen LogP contribution in [0.1, 0.15) is 41.0 Å². The first-order chi connectivity index (χ1) is 14.4. The third kappa shape index (κ3) is 3.19. The van der Waals surface area contributed by atoms with Crippen LogP contribution in [0.2, 0.25) is 0 Å². The normalized spacial score (nSPS) is 19.3. The quantitative estimate of drug-likeness (QED) is 0.748. The molecule has 0 N–H and O–H groups in total. The molecule has 1 atom stereocenters. The lowest BCUT2D eigenvalue weighted by atomic mass is 9.87. The van der Waals surface area contributed by atoms with E-state index in [0.29, 0.717) is 30.0 Å². The van der Waals surface area contributed by atoms with Gasteiger partial charge < -0.3 is 23.8 Å². The number of rotatable bonds is 5. The number of nitrogens with zero attached hydrogens (tertiary/aromatic N) is 2. The van der Waals surface area contributed by atoms with Crippen molar-refractivity contribution in [2.24, 2.45) is 0 Å². The predicted octanol–water partition coefficient (Wildman–Crippen LogP) is 3.73. The summed E-state index contributed by atoms with van der Waals surface area (Å²) < 4.78 is 22.2. The van der Waals surface area contributed by atoms with Gasteiger partial charge in [-0.3, -0.25) is 9.78 Å². The van der Waals surface area contributed by atoms with Gasteiger partial charge in [-0.1, -0.05) is 0 Å². The monoisotopic (exact) mass is 410 g/mol. The first-order valence-corrected chi connectivity index (χ1v) is 9.93. The number of benzene rings is 1. The Hall–Kier alpha value is -3.06. The summed E-state index contributed by atoms with van der Waals surface area (Å²) in [5.74, 6) is 1.80. The highest BCUT2D eigenvalue weighted by atomic mass is 16.7. The lowest BCUT2D eigenvalue weighted by Gasteiger charge is -2.31. The maximum atomic E-state index is 13.6. The number of hydrogen-bond donors (Lipinski definition) is 0. The van der Waals surface area contributed by atoms with Gasteiger partial charge in [0.1, 0.15) is 11.4 Å². The minimum absolute atomic E-state index is 0.104. The van der Waals surface area contributed by atoms with E-state index in [9.17, 15) is 4.79 Å². The molecule has 1 amide bonds. The zero-order valence-electron chi connectivity index (χ0n) is 17.9. The van der Waals surface area contributed by atoms with Crippen molar-refractivity contribution in [1.82, 2.24) is 4.98 Å². The van der Waals surface area contributed by atoms with E-state index in [4.69, 9.17) is 18.9 Å². The van der Waals surface area contributed by atoms with Gasteiger partial charge in [-0.05, 0) is 44.5 Å². The molecular weight excluding hydrogens is 384 g/mol. The lowest BCUT2D eigenvalue weighted by molar-refractivity contribution is 0.00263. The average molecular weight is 410 g/mol. The van der Waals surface area contributed by atoms with Crippen LogP contribution < -0.4 is 14.4 Å². The zero-order valence-corrected chi connectivity index (χ0v) is 17.9. The highest BCUT2D eigenvalue weighted by Gasteiger charge is 2.42. The second kappa shape index (κ2) is 7.65. The van der Waals surface area contributed by atoms with Crippen LogP contribution in [0.4, 0.5) is 5.69 Å². The average Bonchev–Trinajstić information content (AvgIpc) is 3.12. The van der Waals surface area contributed by atoms with E-state index >= 15 is 0 Å². The van der Waals surface area contributed by atoms with Gasteiger partial charge in [0.05, 0.1) is 25.6 Å². The Kier molecular flexibility index (Phi) is 5.15. The highest BCUT2D eigenvalue weighted by molar-refractivity contribution is 6.08. The number of pyridine rings is 1. The van der Waals surface area contributed by atoms with Crippen LogP contribution in [0.3, 0.4) is 0 Å². The Labute approximate surface area is 176 Å². The molecule has 4 rings (SSSR count). The lowest BCUT2D eigenvalue weighted by Crippen LogP contribution is -2.36. The summed E-state index contributed by atoms with van der Waals surface area (Å²) in [4.78, 5) is 19.9. The summed E-state index contributed by atoms with van der Waals surface area (Å²) in [6.07, 6.45) is 4.22. The Bertz CT molecular complexity index is 1030. The molecule has 0 bridgehead atoms. The molecule has 1 saturated heterocycles. The minimum atomic E-state index is -0.535. The molecule has 30 heavy (non-hydrogen) atoms. The summed E-state index contributed by atoms with van der Waals surface area (Å²) in [6, 6.07) is 5.44. The fraction of sp³-hybridized carbons (Fsp3) is 0.391. The highest BCUT2D eigenvalue weighted by Crippen LogP contribution is 2.41. The molecule has 1 unspecified atom stereocenters. The largest absolute Gasteiger partial charge is 0.493 e. The van der Waals surface area contributed by atoms with Gasteiger partial charge in [0.15, 0.2) is 18.3 Å². The molecule has 7 heteroatoms. The Balaban J connectivity index is 1.77. The molecule has 1 fully saturated rings. The summed E-state index contributed by atoms with van der Waals surface area (Å²) in [6.45, 7) is 6.59. The van der Waals surface area contributed by atoms with E-state index < -0.39 is 5.60 Å². The molecule has 7 nitrogen and oxygen atoms in total. The van der Waals surface area contributed by atoms with Crippen molar-refractivity contribution in [3.63, 3.8) is 0 Å². The van der Waals surface area contributed by atoms with Crippen molar-refractivity contribution in [2.45, 2.75) is 32.8 Å². The molecule has 0 saturated carbocycles. The van der Waals surface area contributed by atoms with Gasteiger partial charge in [-0.25, -0.2) is 0 Å². The van der Waals surface area contributed by atoms with Crippen molar-refractivity contribution in [3.05, 3.63) is 52.5 Å². The van der Waals surface area contributed by atoms with E-state index in [1.54, 1.807) is 31.4 Å². The number of carbonyl (C=O) groups is 1. The van der Waals surface area contributed by atoms with Crippen molar-refractivity contribution in [1.29, 1.82) is 0 Å². The number of fused-ring (bicyclic) bond motifs is 2. The topological polar surface area (TPSA) is 70.1 Å². The van der Waals surface area contributed by atoms with Gasteiger partial charge >= 0.3 is 0 Å². The maximum Gasteiger partial charge on any atom is 0.258 e. The van der Waals surface area contributed by atoms with E-state index in [1.807, 2.05) is 39.0 Å². The van der Waals surface area contributed by atoms with Crippen molar-refractivity contribution in [2.75, 3.05) is 32.5 Å². The van der Waals surface area contributed by atoms with Crippen LogP contribution in [0.25, 0.3) is 6.08 Å². The van der Waals surface area contributed by atoms with Crippen molar-refractivity contribution >= 4 is 17.7 Å². The van der Waals surface area contributed by atoms with E-state index in [2.05, 4.69) is 4.98 Å². The van der Waals surface area contributed by atoms with Crippen LogP contribution in [0, 0.1) is 6.92 Å². The molecular formula is C23H26N2O5. The fourth-order valence-corrected chi connectivity index (χ4v) is 4.08. The second-order valence-electron chi connectivity index (χ2n) is 7.59. The standard InChI is InChI=1S/C23H26N2O5/c1-6-25(22(26)15-10-20(28-5)19(27-4)9-14(15)2)18-7-8-24-17-11-21-23(3,12-16(17)18)30-13-29-21/h7-11H,6,12-13H2,1-5H3. The zero-order chi connectivity index (χ0) is 21.5. The Morgan fingerprint density at radius 3 is 2.70 bits per heavy atom. The van der Waals surface area contributed by atoms with Crippen molar-refractivity contribution in [3.8, 4) is 11.5 Å². The molecule has 0 radical (unpaired) electrons. The summed E-state index contributed by atoms with van der Waals surface area (Å²) in [5.41, 5.74) is 3.46. The van der Waals surface area contributed by atoms with Crippen LogP contribution in [-0.4, -0.2) is 44.0 Å². The Morgan fingerprint density at radius 2 is 2.00 bits per heavy atom. The SMILES string of the molecule is CCN(C(=O)c1cc(OC)c(OC)cc1C)c1ccnc2c1CC1(C)OCOC1=C2. The molecule has 0 spiro atoms. The molecule has 1 aromatic heterocycles. The molecule has 2 aromatic rings. The van der Waals surface area contributed by atoms with Gasteiger partial charge in [-0.2, -0.15) is 0 Å². The number of amides is 1. The van der Waals surface area contributed by atoms with Crippen LogP contribution in [-0.2, 0) is 15.9 Å². The van der Waals surface area contributed by atoms with E-state index in [0.717, 1.165) is 28.3 Å². The number of anilines is 1. The number of ether oxygens (including phenoxy) is 4. The van der Waals surface area contributed by atoms with Gasteiger partial charge in [0, 0.05) is 36.4 Å². The number of hydrogen-bond acceptors (Lipinski definition) is 6. The third-order valence-corrected chi connectivity index (χ3v) is 5.77. The first-order valence-electron chi connectivity index (χ1n) is 9.93. The number of carbonyl (C=O) groups excluding carboxylic acids is 1. The summed E-state index contributed by atoms with van der Waals surface area (Å²) in [7, 11) is 3.14. The van der Waals surface area contributed by atoms with Crippen LogP contribution >= 0.6 is 0 Å². The van der Waals surface area contributed by atoms with E-state index in [1.165, 1.54) is 0 Å². The van der Waals surface area contributed by atoms with Gasteiger partial charge in [0.25, 0.3) is 5.91 Å². The molecule has 1 aromatic carbocycles. The fourth-order valence-electron chi connectivity index (χ4n) is 4.08. The van der Waals surface area contributed by atoms with Gasteiger partial charge in [-0.15, -0.1) is 0 Å². The molecule has 2 heterocycles. The van der Waals surface area contributed by atoms with Crippen molar-refractivity contribution < 1.29 is 23.7 Å². The number of aromatic nitrogens is 1. The molecule has 1 aliphatic heterocycles. The minimum Gasteiger partial charge on any atom is -0.493 e. The van der Waals surface area contributed by atoms with Crippen LogP contribution in [0.15, 0.2) is 30.2 Å². The van der Waals surface area contributed by atoms with Gasteiger partial charge in [0.2, 0.25) is 0 Å². The first kappa shape index (κ1) is 20.2. The predicted molar refractivity (Wildman–Crippen MR) is 113 cm³/mol. The number of methoxy groups -OCH3 is 2. The molecule has 2 aliphatic rings. The molecule has 158 valence electrons. The smallest absolute Gasteiger partial charge is 0.258 e. The Morgan fingerprint density at radius 1 is 1.27 bits per heavy atom. The molecule has 1 aliphatic carbocycles.